The molecule has 2 aliphatic rings. The molecule has 0 bridgehead atoms. The molecule has 2 aromatic rings. The summed E-state index contributed by atoms with van der Waals surface area (Å²) in [5, 5.41) is 14.8. The lowest BCUT2D eigenvalue weighted by Gasteiger charge is -2.32. The largest absolute Gasteiger partial charge is 0.378 e. The highest BCUT2D eigenvalue weighted by molar-refractivity contribution is 7.81. The molecule has 6 nitrogen and oxygen atoms in total. The third-order valence-corrected chi connectivity index (χ3v) is 5.68. The van der Waals surface area contributed by atoms with Gasteiger partial charge in [0.1, 0.15) is 4.99 Å². The van der Waals surface area contributed by atoms with Gasteiger partial charge in [0, 0.05) is 36.1 Å². The van der Waals surface area contributed by atoms with Crippen molar-refractivity contribution < 1.29 is 9.66 Å². The van der Waals surface area contributed by atoms with Crippen LogP contribution in [0.5, 0.6) is 0 Å². The number of rotatable bonds is 5. The number of benzene rings is 2. The number of allylic oxidation sites excluding steroid dienone is 1. The predicted octanol–water partition coefficient (Wildman–Crippen LogP) is 4.80. The summed E-state index contributed by atoms with van der Waals surface area (Å²) in [5.74, 6) is 0. The summed E-state index contributed by atoms with van der Waals surface area (Å²) in [6.07, 6.45) is 3.55. The Bertz CT molecular complexity index is 1010. The van der Waals surface area contributed by atoms with Gasteiger partial charge in [0.05, 0.1) is 23.7 Å². The van der Waals surface area contributed by atoms with Crippen LogP contribution >= 0.6 is 12.2 Å². The van der Waals surface area contributed by atoms with Gasteiger partial charge in [-0.05, 0) is 42.7 Å². The van der Waals surface area contributed by atoms with Gasteiger partial charge in [-0.2, -0.15) is 0 Å². The molecule has 1 aliphatic heterocycles. The SMILES string of the molecule is O=[N+]([O-])c1ccccc1/C=C1\CCC(C(=S)Nc2ccccc2)=C1N1CCOCC1. The number of nitro benzene ring substituents is 1. The van der Waals surface area contributed by atoms with Crippen LogP contribution in [0.2, 0.25) is 0 Å². The van der Waals surface area contributed by atoms with Crippen LogP contribution in [0.3, 0.4) is 0 Å². The molecule has 30 heavy (non-hydrogen) atoms. The number of para-hydroxylation sites is 2. The maximum atomic E-state index is 11.5. The Labute approximate surface area is 181 Å². The molecule has 0 unspecified atom stereocenters. The quantitative estimate of drug-likeness (QED) is 0.425. The van der Waals surface area contributed by atoms with E-state index in [4.69, 9.17) is 17.0 Å². The maximum Gasteiger partial charge on any atom is 0.276 e. The summed E-state index contributed by atoms with van der Waals surface area (Å²) in [4.78, 5) is 14.1. The number of nitrogens with zero attached hydrogens (tertiary/aromatic N) is 2. The molecule has 1 N–H and O–H groups in total. The van der Waals surface area contributed by atoms with Crippen LogP contribution in [0, 0.1) is 10.1 Å². The third kappa shape index (κ3) is 4.42. The fraction of sp³-hybridized carbons (Fsp3) is 0.261. The van der Waals surface area contributed by atoms with E-state index in [2.05, 4.69) is 10.2 Å². The van der Waals surface area contributed by atoms with Crippen molar-refractivity contribution in [1.29, 1.82) is 0 Å². The summed E-state index contributed by atoms with van der Waals surface area (Å²) in [7, 11) is 0. The van der Waals surface area contributed by atoms with Crippen molar-refractivity contribution in [1.82, 2.24) is 4.90 Å². The molecule has 1 heterocycles. The van der Waals surface area contributed by atoms with E-state index in [1.807, 2.05) is 42.5 Å². The fourth-order valence-electron chi connectivity index (χ4n) is 3.92. The Kier molecular flexibility index (Phi) is 6.21. The number of hydrogen-bond donors (Lipinski definition) is 1. The Hall–Kier alpha value is -3.03. The zero-order valence-corrected chi connectivity index (χ0v) is 17.4. The number of hydrogen-bond acceptors (Lipinski definition) is 5. The van der Waals surface area contributed by atoms with Crippen LogP contribution in [0.15, 0.2) is 71.4 Å². The highest BCUT2D eigenvalue weighted by atomic mass is 32.1. The van der Waals surface area contributed by atoms with Crippen LogP contribution in [0.25, 0.3) is 6.08 Å². The van der Waals surface area contributed by atoms with Gasteiger partial charge in [-0.3, -0.25) is 10.1 Å². The Balaban J connectivity index is 1.72. The van der Waals surface area contributed by atoms with E-state index in [0.29, 0.717) is 23.8 Å². The summed E-state index contributed by atoms with van der Waals surface area (Å²) < 4.78 is 5.53. The first-order valence-corrected chi connectivity index (χ1v) is 10.4. The minimum Gasteiger partial charge on any atom is -0.378 e. The Morgan fingerprint density at radius 1 is 1.07 bits per heavy atom. The highest BCUT2D eigenvalue weighted by Crippen LogP contribution is 2.37. The third-order valence-electron chi connectivity index (χ3n) is 5.33. The molecule has 0 aromatic heterocycles. The summed E-state index contributed by atoms with van der Waals surface area (Å²) in [5.41, 5.74) is 4.94. The molecule has 1 fully saturated rings. The van der Waals surface area contributed by atoms with Crippen LogP contribution in [-0.2, 0) is 4.74 Å². The second kappa shape index (κ2) is 9.19. The minimum absolute atomic E-state index is 0.116. The van der Waals surface area contributed by atoms with E-state index < -0.39 is 0 Å². The van der Waals surface area contributed by atoms with Gasteiger partial charge in [-0.15, -0.1) is 0 Å². The van der Waals surface area contributed by atoms with Crippen molar-refractivity contribution in [3.05, 3.63) is 87.1 Å². The Morgan fingerprint density at radius 3 is 2.50 bits per heavy atom. The average Bonchev–Trinajstić information content (AvgIpc) is 3.19. The van der Waals surface area contributed by atoms with Gasteiger partial charge in [-0.1, -0.05) is 42.5 Å². The van der Waals surface area contributed by atoms with E-state index >= 15 is 0 Å². The zero-order chi connectivity index (χ0) is 20.9. The molecule has 0 saturated carbocycles. The molecular weight excluding hydrogens is 398 g/mol. The van der Waals surface area contributed by atoms with Gasteiger partial charge in [0.15, 0.2) is 0 Å². The summed E-state index contributed by atoms with van der Waals surface area (Å²) in [6, 6.07) is 16.7. The van der Waals surface area contributed by atoms with E-state index in [0.717, 1.165) is 48.5 Å². The number of anilines is 1. The molecule has 0 atom stereocenters. The van der Waals surface area contributed by atoms with Gasteiger partial charge < -0.3 is 15.0 Å². The maximum absolute atomic E-state index is 11.5. The second-order valence-corrected chi connectivity index (χ2v) is 7.64. The molecule has 0 radical (unpaired) electrons. The normalized spacial score (nSPS) is 18.0. The van der Waals surface area contributed by atoms with Crippen molar-refractivity contribution in [3.63, 3.8) is 0 Å². The van der Waals surface area contributed by atoms with Crippen molar-refractivity contribution in [3.8, 4) is 0 Å². The smallest absolute Gasteiger partial charge is 0.276 e. The number of thiocarbonyl (C=S) groups is 1. The molecule has 0 spiro atoms. The number of ether oxygens (including phenoxy) is 1. The minimum atomic E-state index is -0.331. The molecule has 2 aromatic carbocycles. The second-order valence-electron chi connectivity index (χ2n) is 7.23. The monoisotopic (exact) mass is 421 g/mol. The number of nitrogens with one attached hydrogen (secondary N) is 1. The standard InChI is InChI=1S/C23H23N3O3S/c27-26(28)21-9-5-4-6-17(21)16-18-10-11-20(22(18)25-12-14-29-15-13-25)23(30)24-19-7-2-1-3-8-19/h1-9,16H,10-15H2,(H,24,30)/b18-16+. The fourth-order valence-corrected chi connectivity index (χ4v) is 4.24. The molecule has 4 rings (SSSR count). The average molecular weight is 422 g/mol. The van der Waals surface area contributed by atoms with Gasteiger partial charge in [0.2, 0.25) is 0 Å². The van der Waals surface area contributed by atoms with Gasteiger partial charge in [0.25, 0.3) is 5.69 Å². The lowest BCUT2D eigenvalue weighted by atomic mass is 10.1. The van der Waals surface area contributed by atoms with Gasteiger partial charge >= 0.3 is 0 Å². The van der Waals surface area contributed by atoms with Crippen LogP contribution < -0.4 is 5.32 Å². The molecular formula is C23H23N3O3S. The molecule has 7 heteroatoms. The zero-order valence-electron chi connectivity index (χ0n) is 16.5. The Morgan fingerprint density at radius 2 is 1.77 bits per heavy atom. The van der Waals surface area contributed by atoms with Crippen LogP contribution in [0.1, 0.15) is 18.4 Å². The van der Waals surface area contributed by atoms with Crippen LogP contribution in [0.4, 0.5) is 11.4 Å². The van der Waals surface area contributed by atoms with Crippen molar-refractivity contribution in [2.75, 3.05) is 31.6 Å². The summed E-state index contributed by atoms with van der Waals surface area (Å²) in [6.45, 7) is 2.88. The predicted molar refractivity (Wildman–Crippen MR) is 122 cm³/mol. The summed E-state index contributed by atoms with van der Waals surface area (Å²) >= 11 is 5.76. The van der Waals surface area contributed by atoms with E-state index in [1.54, 1.807) is 18.2 Å². The van der Waals surface area contributed by atoms with Crippen molar-refractivity contribution >= 4 is 34.7 Å². The number of morpholine rings is 1. The van der Waals surface area contributed by atoms with E-state index in [-0.39, 0.29) is 10.6 Å². The lowest BCUT2D eigenvalue weighted by molar-refractivity contribution is -0.385. The van der Waals surface area contributed by atoms with Crippen LogP contribution in [-0.4, -0.2) is 41.1 Å². The van der Waals surface area contributed by atoms with E-state index in [1.165, 1.54) is 0 Å². The molecule has 154 valence electrons. The van der Waals surface area contributed by atoms with Gasteiger partial charge in [-0.25, -0.2) is 0 Å². The number of nitro groups is 1. The first-order valence-electron chi connectivity index (χ1n) is 10.00. The van der Waals surface area contributed by atoms with Crippen molar-refractivity contribution in [2.45, 2.75) is 12.8 Å². The molecule has 0 amide bonds. The first-order chi connectivity index (χ1) is 14.6. The lowest BCUT2D eigenvalue weighted by Crippen LogP contribution is -2.36. The van der Waals surface area contributed by atoms with E-state index in [9.17, 15) is 10.1 Å². The molecule has 1 aliphatic carbocycles. The highest BCUT2D eigenvalue weighted by Gasteiger charge is 2.29. The molecule has 1 saturated heterocycles. The van der Waals surface area contributed by atoms with Crippen molar-refractivity contribution in [2.24, 2.45) is 0 Å². The topological polar surface area (TPSA) is 67.6 Å². The first kappa shape index (κ1) is 20.3.